The maximum atomic E-state index is 13.1. The largest absolute Gasteiger partial charge is 0.369 e. The van der Waals surface area contributed by atoms with Crippen LogP contribution in [0.4, 0.5) is 5.69 Å². The summed E-state index contributed by atoms with van der Waals surface area (Å²) in [7, 11) is -1.90. The van der Waals surface area contributed by atoms with Gasteiger partial charge in [0, 0.05) is 62.9 Å². The van der Waals surface area contributed by atoms with Gasteiger partial charge in [0.25, 0.3) is 0 Å². The Morgan fingerprint density at radius 2 is 1.68 bits per heavy atom. The van der Waals surface area contributed by atoms with E-state index in [0.717, 1.165) is 44.7 Å². The molecule has 2 heterocycles. The molecular weight excluding hydrogens is 468 g/mol. The molecule has 2 aromatic carbocycles. The van der Waals surface area contributed by atoms with Crippen molar-refractivity contribution in [1.82, 2.24) is 14.2 Å². The highest BCUT2D eigenvalue weighted by Gasteiger charge is 2.26. The maximum Gasteiger partial charge on any atom is 0.242 e. The van der Waals surface area contributed by atoms with E-state index in [9.17, 15) is 8.42 Å². The molecule has 3 aromatic rings. The monoisotopic (exact) mass is 498 g/mol. The van der Waals surface area contributed by atoms with Crippen molar-refractivity contribution < 1.29 is 8.42 Å². The van der Waals surface area contributed by atoms with Gasteiger partial charge in [-0.15, -0.1) is 0 Å². The van der Waals surface area contributed by atoms with E-state index in [1.165, 1.54) is 9.99 Å². The summed E-state index contributed by atoms with van der Waals surface area (Å²) >= 11 is 6.28. The Morgan fingerprint density at radius 3 is 2.35 bits per heavy atom. The molecule has 1 aliphatic rings. The predicted octanol–water partition coefficient (Wildman–Crippen LogP) is 4.35. The molecule has 0 radical (unpaired) electrons. The molecular formula is C26H31ClN4O2S. The zero-order valence-electron chi connectivity index (χ0n) is 19.4. The number of hydrogen-bond acceptors (Lipinski definition) is 5. The van der Waals surface area contributed by atoms with E-state index in [4.69, 9.17) is 11.6 Å². The molecule has 8 heteroatoms. The van der Waals surface area contributed by atoms with Crippen LogP contribution in [0.1, 0.15) is 17.9 Å². The second-order valence-corrected chi connectivity index (χ2v) is 11.2. The average molecular weight is 499 g/mol. The molecule has 180 valence electrons. The first-order valence-electron chi connectivity index (χ1n) is 11.6. The van der Waals surface area contributed by atoms with Crippen LogP contribution < -0.4 is 4.90 Å². The number of sulfonamides is 1. The van der Waals surface area contributed by atoms with Crippen molar-refractivity contribution in [3.05, 3.63) is 89.7 Å². The minimum absolute atomic E-state index is 0.0421. The van der Waals surface area contributed by atoms with Crippen LogP contribution in [0.15, 0.2) is 84.0 Å². The van der Waals surface area contributed by atoms with E-state index in [1.54, 1.807) is 31.3 Å². The van der Waals surface area contributed by atoms with Gasteiger partial charge in [0.15, 0.2) is 0 Å². The average Bonchev–Trinajstić information content (AvgIpc) is 2.87. The Morgan fingerprint density at radius 1 is 0.971 bits per heavy atom. The molecule has 1 saturated heterocycles. The fourth-order valence-electron chi connectivity index (χ4n) is 4.43. The Hall–Kier alpha value is -2.45. The van der Waals surface area contributed by atoms with Gasteiger partial charge in [-0.05, 0) is 60.8 Å². The van der Waals surface area contributed by atoms with Crippen molar-refractivity contribution in [3.8, 4) is 0 Å². The molecule has 0 saturated carbocycles. The van der Waals surface area contributed by atoms with Gasteiger partial charge in [-0.2, -0.15) is 0 Å². The second kappa shape index (κ2) is 11.3. The Balaban J connectivity index is 1.42. The number of piperazine rings is 1. The van der Waals surface area contributed by atoms with Crippen molar-refractivity contribution in [2.75, 3.05) is 51.2 Å². The van der Waals surface area contributed by atoms with E-state index in [1.807, 2.05) is 54.9 Å². The van der Waals surface area contributed by atoms with E-state index in [-0.39, 0.29) is 5.92 Å². The standard InChI is InChI=1S/C26H31ClN4O2S/c1-29(34(32,33)26-8-3-2-4-9-26)21-23(22-6-5-7-24(27)20-22)12-15-30-16-18-31(19-17-30)25-10-13-28-14-11-25/h2-11,13-14,20,23H,12,15-19,21H2,1H3. The van der Waals surface area contributed by atoms with Crippen LogP contribution in [0, 0.1) is 0 Å². The molecule has 4 rings (SSSR count). The highest BCUT2D eigenvalue weighted by atomic mass is 35.5. The lowest BCUT2D eigenvalue weighted by Gasteiger charge is -2.36. The molecule has 0 spiro atoms. The van der Waals surface area contributed by atoms with E-state index < -0.39 is 10.0 Å². The lowest BCUT2D eigenvalue weighted by molar-refractivity contribution is 0.244. The van der Waals surface area contributed by atoms with Crippen molar-refractivity contribution >= 4 is 27.3 Å². The third-order valence-corrected chi connectivity index (χ3v) is 8.52. The summed E-state index contributed by atoms with van der Waals surface area (Å²) in [5.41, 5.74) is 2.28. The van der Waals surface area contributed by atoms with E-state index in [0.29, 0.717) is 16.5 Å². The molecule has 0 N–H and O–H groups in total. The van der Waals surface area contributed by atoms with E-state index in [2.05, 4.69) is 14.8 Å². The first kappa shape index (κ1) is 24.7. The molecule has 1 atom stereocenters. The van der Waals surface area contributed by atoms with Gasteiger partial charge >= 0.3 is 0 Å². The van der Waals surface area contributed by atoms with Gasteiger partial charge in [0.1, 0.15) is 0 Å². The molecule has 1 aromatic heterocycles. The van der Waals surface area contributed by atoms with Crippen LogP contribution >= 0.6 is 11.6 Å². The molecule has 1 fully saturated rings. The first-order valence-corrected chi connectivity index (χ1v) is 13.4. The van der Waals surface area contributed by atoms with Crippen LogP contribution in [-0.4, -0.2) is 68.9 Å². The molecule has 0 amide bonds. The lowest BCUT2D eigenvalue weighted by Crippen LogP contribution is -2.47. The number of halogens is 1. The number of anilines is 1. The van der Waals surface area contributed by atoms with Gasteiger partial charge in [-0.25, -0.2) is 12.7 Å². The van der Waals surface area contributed by atoms with Crippen LogP contribution in [0.3, 0.4) is 0 Å². The van der Waals surface area contributed by atoms with Crippen LogP contribution in [0.5, 0.6) is 0 Å². The first-order chi connectivity index (χ1) is 16.4. The fraction of sp³-hybridized carbons (Fsp3) is 0.346. The lowest BCUT2D eigenvalue weighted by atomic mass is 9.95. The predicted molar refractivity (Wildman–Crippen MR) is 138 cm³/mol. The summed E-state index contributed by atoms with van der Waals surface area (Å²) in [6.45, 7) is 5.18. The molecule has 1 unspecified atom stereocenters. The summed E-state index contributed by atoms with van der Waals surface area (Å²) in [6.07, 6.45) is 4.51. The number of rotatable bonds is 9. The van der Waals surface area contributed by atoms with Crippen LogP contribution in [-0.2, 0) is 10.0 Å². The summed E-state index contributed by atoms with van der Waals surface area (Å²) in [5, 5.41) is 0.669. The van der Waals surface area contributed by atoms with Gasteiger partial charge in [0.05, 0.1) is 4.90 Å². The minimum atomic E-state index is -3.56. The van der Waals surface area contributed by atoms with Crippen molar-refractivity contribution in [2.45, 2.75) is 17.2 Å². The number of benzene rings is 2. The Bertz CT molecular complexity index is 1150. The van der Waals surface area contributed by atoms with Crippen molar-refractivity contribution in [2.24, 2.45) is 0 Å². The molecule has 1 aliphatic heterocycles. The van der Waals surface area contributed by atoms with Crippen molar-refractivity contribution in [1.29, 1.82) is 0 Å². The van der Waals surface area contributed by atoms with Crippen molar-refractivity contribution in [3.63, 3.8) is 0 Å². The van der Waals surface area contributed by atoms with Crippen LogP contribution in [0.2, 0.25) is 5.02 Å². The summed E-state index contributed by atoms with van der Waals surface area (Å²) in [6, 6.07) is 20.5. The molecule has 0 bridgehead atoms. The third kappa shape index (κ3) is 6.16. The summed E-state index contributed by atoms with van der Waals surface area (Å²) < 4.78 is 27.7. The molecule has 34 heavy (non-hydrogen) atoms. The topological polar surface area (TPSA) is 56.8 Å². The number of likely N-dealkylation sites (N-methyl/N-ethyl adjacent to an activating group) is 1. The molecule has 6 nitrogen and oxygen atoms in total. The Labute approximate surface area is 207 Å². The van der Waals surface area contributed by atoms with Gasteiger partial charge in [-0.3, -0.25) is 9.88 Å². The van der Waals surface area contributed by atoms with Gasteiger partial charge < -0.3 is 4.90 Å². The number of nitrogens with zero attached hydrogens (tertiary/aromatic N) is 4. The Kier molecular flexibility index (Phi) is 8.21. The zero-order chi connectivity index (χ0) is 24.0. The van der Waals surface area contributed by atoms with Crippen LogP contribution in [0.25, 0.3) is 0 Å². The van der Waals surface area contributed by atoms with Gasteiger partial charge in [0.2, 0.25) is 10.0 Å². The molecule has 0 aliphatic carbocycles. The number of pyridine rings is 1. The number of aromatic nitrogens is 1. The smallest absolute Gasteiger partial charge is 0.242 e. The highest BCUT2D eigenvalue weighted by Crippen LogP contribution is 2.27. The zero-order valence-corrected chi connectivity index (χ0v) is 21.0. The summed E-state index contributed by atoms with van der Waals surface area (Å²) in [5.74, 6) is 0.0421. The normalized spacial score (nSPS) is 16.0. The highest BCUT2D eigenvalue weighted by molar-refractivity contribution is 7.89. The third-order valence-electron chi connectivity index (χ3n) is 6.44. The maximum absolute atomic E-state index is 13.1. The second-order valence-electron chi connectivity index (χ2n) is 8.67. The van der Waals surface area contributed by atoms with Gasteiger partial charge in [-0.1, -0.05) is 41.9 Å². The quantitative estimate of drug-likeness (QED) is 0.439. The minimum Gasteiger partial charge on any atom is -0.369 e. The SMILES string of the molecule is CN(CC(CCN1CCN(c2ccncc2)CC1)c1cccc(Cl)c1)S(=O)(=O)c1ccccc1. The fourth-order valence-corrected chi connectivity index (χ4v) is 5.86. The summed E-state index contributed by atoms with van der Waals surface area (Å²) in [4.78, 5) is 9.26. The number of hydrogen-bond donors (Lipinski definition) is 0. The van der Waals surface area contributed by atoms with E-state index >= 15 is 0 Å².